The number of carbonyl (C=O) groups excluding carboxylic acids is 1. The van der Waals surface area contributed by atoms with Gasteiger partial charge in [-0.1, -0.05) is 6.42 Å². The molecule has 1 amide bonds. The fraction of sp³-hybridized carbons (Fsp3) is 0.667. The summed E-state index contributed by atoms with van der Waals surface area (Å²) in [4.78, 5) is 15.7. The number of hydrogen-bond acceptors (Lipinski definition) is 4. The first kappa shape index (κ1) is 13.7. The van der Waals surface area contributed by atoms with Gasteiger partial charge in [0.1, 0.15) is 11.8 Å². The van der Waals surface area contributed by atoms with Crippen LogP contribution >= 0.6 is 0 Å². The molecular weight excluding hydrogens is 218 g/mol. The molecule has 1 atom stereocenters. The molecule has 0 spiro atoms. The maximum atomic E-state index is 11.6. The van der Waals surface area contributed by atoms with Gasteiger partial charge in [-0.15, -0.1) is 0 Å². The van der Waals surface area contributed by atoms with Gasteiger partial charge in [-0.2, -0.15) is 0 Å². The van der Waals surface area contributed by atoms with Gasteiger partial charge in [0.15, 0.2) is 0 Å². The van der Waals surface area contributed by atoms with Crippen LogP contribution in [-0.4, -0.2) is 17.4 Å². The van der Waals surface area contributed by atoms with Gasteiger partial charge in [0, 0.05) is 6.42 Å². The minimum atomic E-state index is -0.175. The highest BCUT2D eigenvalue weighted by Crippen LogP contribution is 2.12. The number of rotatable bonds is 7. The van der Waals surface area contributed by atoms with Gasteiger partial charge >= 0.3 is 0 Å². The summed E-state index contributed by atoms with van der Waals surface area (Å²) in [6.07, 6.45) is 5.03. The normalized spacial score (nSPS) is 12.4. The third kappa shape index (κ3) is 4.99. The second-order valence-corrected chi connectivity index (χ2v) is 4.20. The molecule has 1 rings (SSSR count). The standard InChI is InChI=1S/C12H21N3O2/c1-9-8-14-12(17-9)10(2)15-11(16)6-4-3-5-7-13/h8,10H,3-7,13H2,1-2H3,(H,15,16). The summed E-state index contributed by atoms with van der Waals surface area (Å²) in [5.74, 6) is 1.34. The Morgan fingerprint density at radius 2 is 2.29 bits per heavy atom. The van der Waals surface area contributed by atoms with E-state index in [0.717, 1.165) is 25.0 Å². The van der Waals surface area contributed by atoms with Gasteiger partial charge in [0.2, 0.25) is 11.8 Å². The predicted molar refractivity (Wildman–Crippen MR) is 65.3 cm³/mol. The number of hydrogen-bond donors (Lipinski definition) is 2. The predicted octanol–water partition coefficient (Wildman–Crippen LogP) is 1.68. The number of nitrogens with two attached hydrogens (primary N) is 1. The first-order valence-corrected chi connectivity index (χ1v) is 6.05. The molecule has 0 fully saturated rings. The molecule has 1 heterocycles. The highest BCUT2D eigenvalue weighted by molar-refractivity contribution is 5.76. The second kappa shape index (κ2) is 7.06. The molecule has 1 aromatic rings. The molecule has 0 aliphatic carbocycles. The number of aryl methyl sites for hydroxylation is 1. The van der Waals surface area contributed by atoms with Crippen LogP contribution in [0, 0.1) is 6.92 Å². The molecule has 3 N–H and O–H groups in total. The highest BCUT2D eigenvalue weighted by atomic mass is 16.4. The van der Waals surface area contributed by atoms with Crippen LogP contribution in [0.3, 0.4) is 0 Å². The second-order valence-electron chi connectivity index (χ2n) is 4.20. The number of amides is 1. The summed E-state index contributed by atoms with van der Waals surface area (Å²) < 4.78 is 5.35. The third-order valence-corrected chi connectivity index (χ3v) is 2.50. The van der Waals surface area contributed by atoms with Crippen molar-refractivity contribution in [3.63, 3.8) is 0 Å². The van der Waals surface area contributed by atoms with E-state index in [0.29, 0.717) is 18.9 Å². The number of nitrogens with zero attached hydrogens (tertiary/aromatic N) is 1. The largest absolute Gasteiger partial charge is 0.444 e. The van der Waals surface area contributed by atoms with E-state index >= 15 is 0 Å². The number of unbranched alkanes of at least 4 members (excludes halogenated alkanes) is 2. The summed E-state index contributed by atoms with van der Waals surface area (Å²) in [6, 6.07) is -0.175. The van der Waals surface area contributed by atoms with Gasteiger partial charge in [-0.3, -0.25) is 4.79 Å². The average Bonchev–Trinajstić information content (AvgIpc) is 2.71. The van der Waals surface area contributed by atoms with Crippen molar-refractivity contribution in [1.82, 2.24) is 10.3 Å². The highest BCUT2D eigenvalue weighted by Gasteiger charge is 2.13. The molecule has 1 unspecified atom stereocenters. The fourth-order valence-electron chi connectivity index (χ4n) is 1.55. The van der Waals surface area contributed by atoms with E-state index in [1.807, 2.05) is 13.8 Å². The fourth-order valence-corrected chi connectivity index (χ4v) is 1.55. The molecule has 0 aliphatic heterocycles. The lowest BCUT2D eigenvalue weighted by Gasteiger charge is -2.10. The molecule has 0 aromatic carbocycles. The van der Waals surface area contributed by atoms with Crippen molar-refractivity contribution in [2.45, 2.75) is 45.6 Å². The molecule has 96 valence electrons. The lowest BCUT2D eigenvalue weighted by atomic mass is 10.2. The van der Waals surface area contributed by atoms with Gasteiger partial charge < -0.3 is 15.5 Å². The van der Waals surface area contributed by atoms with Crippen molar-refractivity contribution >= 4 is 5.91 Å². The van der Waals surface area contributed by atoms with Gasteiger partial charge in [-0.25, -0.2) is 4.98 Å². The minimum Gasteiger partial charge on any atom is -0.444 e. The maximum Gasteiger partial charge on any atom is 0.220 e. The topological polar surface area (TPSA) is 81.2 Å². The first-order valence-electron chi connectivity index (χ1n) is 6.05. The molecule has 0 saturated carbocycles. The molecule has 0 bridgehead atoms. The Balaban J connectivity index is 2.26. The van der Waals surface area contributed by atoms with Crippen molar-refractivity contribution in [2.75, 3.05) is 6.54 Å². The van der Waals surface area contributed by atoms with Crippen LogP contribution in [0.25, 0.3) is 0 Å². The van der Waals surface area contributed by atoms with E-state index in [4.69, 9.17) is 10.2 Å². The lowest BCUT2D eigenvalue weighted by Crippen LogP contribution is -2.26. The van der Waals surface area contributed by atoms with Gasteiger partial charge in [0.25, 0.3) is 0 Å². The number of nitrogens with one attached hydrogen (secondary N) is 1. The summed E-state index contributed by atoms with van der Waals surface area (Å²) in [5.41, 5.74) is 5.38. The van der Waals surface area contributed by atoms with Gasteiger partial charge in [0.05, 0.1) is 6.20 Å². The summed E-state index contributed by atoms with van der Waals surface area (Å²) in [5, 5.41) is 2.86. The zero-order valence-corrected chi connectivity index (χ0v) is 10.5. The average molecular weight is 239 g/mol. The van der Waals surface area contributed by atoms with Crippen molar-refractivity contribution in [3.05, 3.63) is 17.8 Å². The first-order chi connectivity index (χ1) is 8.13. The lowest BCUT2D eigenvalue weighted by molar-refractivity contribution is -0.122. The molecule has 0 radical (unpaired) electrons. The van der Waals surface area contributed by atoms with Crippen LogP contribution in [0.15, 0.2) is 10.6 Å². The van der Waals surface area contributed by atoms with Crippen LogP contribution in [0.1, 0.15) is 50.3 Å². The van der Waals surface area contributed by atoms with Gasteiger partial charge in [-0.05, 0) is 33.2 Å². The Morgan fingerprint density at radius 1 is 1.53 bits per heavy atom. The molecule has 0 aliphatic rings. The molecule has 5 heteroatoms. The van der Waals surface area contributed by atoms with E-state index in [1.165, 1.54) is 0 Å². The minimum absolute atomic E-state index is 0.0328. The summed E-state index contributed by atoms with van der Waals surface area (Å²) in [7, 11) is 0. The zero-order valence-electron chi connectivity index (χ0n) is 10.5. The van der Waals surface area contributed by atoms with E-state index in [9.17, 15) is 4.79 Å². The molecule has 1 aromatic heterocycles. The Morgan fingerprint density at radius 3 is 2.88 bits per heavy atom. The third-order valence-electron chi connectivity index (χ3n) is 2.50. The van der Waals surface area contributed by atoms with E-state index in [-0.39, 0.29) is 11.9 Å². The quantitative estimate of drug-likeness (QED) is 0.709. The van der Waals surface area contributed by atoms with Crippen LogP contribution in [0.5, 0.6) is 0 Å². The Hall–Kier alpha value is -1.36. The SMILES string of the molecule is Cc1cnc(C(C)NC(=O)CCCCCN)o1. The van der Waals surface area contributed by atoms with Crippen molar-refractivity contribution in [1.29, 1.82) is 0 Å². The van der Waals surface area contributed by atoms with Crippen molar-refractivity contribution < 1.29 is 9.21 Å². The Bertz CT molecular complexity index is 349. The molecule has 0 saturated heterocycles. The number of oxazole rings is 1. The smallest absolute Gasteiger partial charge is 0.220 e. The van der Waals surface area contributed by atoms with Crippen molar-refractivity contribution in [2.24, 2.45) is 5.73 Å². The van der Waals surface area contributed by atoms with Crippen LogP contribution in [0.2, 0.25) is 0 Å². The van der Waals surface area contributed by atoms with Crippen LogP contribution in [0.4, 0.5) is 0 Å². The number of aromatic nitrogens is 1. The van der Waals surface area contributed by atoms with E-state index in [2.05, 4.69) is 10.3 Å². The van der Waals surface area contributed by atoms with E-state index in [1.54, 1.807) is 6.20 Å². The molecular formula is C12H21N3O2. The van der Waals surface area contributed by atoms with Crippen LogP contribution in [-0.2, 0) is 4.79 Å². The summed E-state index contributed by atoms with van der Waals surface area (Å²) in [6.45, 7) is 4.38. The van der Waals surface area contributed by atoms with Crippen molar-refractivity contribution in [3.8, 4) is 0 Å². The van der Waals surface area contributed by atoms with E-state index < -0.39 is 0 Å². The summed E-state index contributed by atoms with van der Waals surface area (Å²) >= 11 is 0. The molecule has 17 heavy (non-hydrogen) atoms. The van der Waals surface area contributed by atoms with Crippen LogP contribution < -0.4 is 11.1 Å². The Labute approximate surface area is 102 Å². The molecule has 5 nitrogen and oxygen atoms in total. The maximum absolute atomic E-state index is 11.6. The Kier molecular flexibility index (Phi) is 5.69. The number of carbonyl (C=O) groups is 1. The monoisotopic (exact) mass is 239 g/mol. The zero-order chi connectivity index (χ0) is 12.7.